The number of carbonyl (C=O) groups is 2. The molecule has 45 heavy (non-hydrogen) atoms. The van der Waals surface area contributed by atoms with Crippen molar-refractivity contribution < 1.29 is 22.7 Å². The number of ether oxygens (including phenoxy) is 1. The van der Waals surface area contributed by atoms with E-state index in [4.69, 9.17) is 27.9 Å². The molecule has 15 heteroatoms. The van der Waals surface area contributed by atoms with Crippen LogP contribution in [0.3, 0.4) is 0 Å². The summed E-state index contributed by atoms with van der Waals surface area (Å²) in [5, 5.41) is 7.38. The van der Waals surface area contributed by atoms with Crippen LogP contribution in [-0.2, 0) is 14.6 Å². The Morgan fingerprint density at radius 1 is 1.16 bits per heavy atom. The average molecular weight is 677 g/mol. The first kappa shape index (κ1) is 32.7. The zero-order valence-electron chi connectivity index (χ0n) is 25.4. The van der Waals surface area contributed by atoms with Crippen LogP contribution in [-0.4, -0.2) is 82.0 Å². The Labute approximate surface area is 271 Å². The molecule has 0 bridgehead atoms. The van der Waals surface area contributed by atoms with Crippen molar-refractivity contribution in [2.24, 2.45) is 0 Å². The minimum Gasteiger partial charge on any atom is -0.444 e. The highest BCUT2D eigenvalue weighted by molar-refractivity contribution is 7.90. The van der Waals surface area contributed by atoms with Crippen LogP contribution in [0.1, 0.15) is 62.3 Å². The first-order chi connectivity index (χ1) is 21.2. The maximum Gasteiger partial charge on any atom is 0.407 e. The molecule has 0 spiro atoms. The van der Waals surface area contributed by atoms with Gasteiger partial charge >= 0.3 is 6.09 Å². The van der Waals surface area contributed by atoms with E-state index in [9.17, 15) is 18.0 Å². The lowest BCUT2D eigenvalue weighted by molar-refractivity contribution is 0.0501. The second-order valence-corrected chi connectivity index (χ2v) is 15.3. The summed E-state index contributed by atoms with van der Waals surface area (Å²) in [6.07, 6.45) is 3.73. The van der Waals surface area contributed by atoms with Crippen LogP contribution in [0.5, 0.6) is 0 Å². The number of carbonyl (C=O) groups excluding carboxylic acids is 2. The van der Waals surface area contributed by atoms with Crippen molar-refractivity contribution in [2.75, 3.05) is 30.4 Å². The number of nitrogens with zero attached hydrogens (tertiary/aromatic N) is 4. The Morgan fingerprint density at radius 3 is 2.67 bits per heavy atom. The molecule has 3 N–H and O–H groups in total. The molecule has 2 atom stereocenters. The number of H-pyrrole nitrogens is 1. The SMILES string of the molecule is CC(C)(C)OC(=O)NC[C@H]1CCCN1C(=O)c1cc2ncnc(N[C@@H](CCS(C)(=O)=O)c3nc4ccc(Cl)cc4[nH]3)c2cc1Cl. The van der Waals surface area contributed by atoms with E-state index in [1.807, 2.05) is 0 Å². The van der Waals surface area contributed by atoms with Crippen LogP contribution in [0.2, 0.25) is 10.0 Å². The lowest BCUT2D eigenvalue weighted by Crippen LogP contribution is -2.44. The Balaban J connectivity index is 1.40. The van der Waals surface area contributed by atoms with Gasteiger partial charge in [-0.3, -0.25) is 4.79 Å². The number of alkyl carbamates (subject to hydrolysis) is 1. The molecule has 0 aliphatic carbocycles. The third kappa shape index (κ3) is 8.13. The quantitative estimate of drug-likeness (QED) is 0.207. The number of imidazole rings is 1. The number of sulfone groups is 1. The van der Waals surface area contributed by atoms with Gasteiger partial charge in [-0.25, -0.2) is 28.2 Å². The van der Waals surface area contributed by atoms with E-state index in [-0.39, 0.29) is 41.3 Å². The molecule has 1 fully saturated rings. The Morgan fingerprint density at radius 2 is 1.93 bits per heavy atom. The number of rotatable bonds is 9. The number of fused-ring (bicyclic) bond motifs is 2. The van der Waals surface area contributed by atoms with Crippen molar-refractivity contribution in [1.82, 2.24) is 30.2 Å². The topological polar surface area (TPSA) is 159 Å². The second kappa shape index (κ2) is 13.0. The smallest absolute Gasteiger partial charge is 0.407 e. The fourth-order valence-corrected chi connectivity index (χ4v) is 6.36. The normalized spacial score (nSPS) is 16.2. The minimum atomic E-state index is -3.28. The van der Waals surface area contributed by atoms with Gasteiger partial charge in [-0.2, -0.15) is 0 Å². The molecule has 1 aliphatic heterocycles. The van der Waals surface area contributed by atoms with Crippen LogP contribution >= 0.6 is 23.2 Å². The highest BCUT2D eigenvalue weighted by Crippen LogP contribution is 2.32. The first-order valence-corrected chi connectivity index (χ1v) is 17.3. The molecule has 1 saturated heterocycles. The predicted octanol–water partition coefficient (Wildman–Crippen LogP) is 5.53. The van der Waals surface area contributed by atoms with E-state index < -0.39 is 27.6 Å². The fraction of sp³-hybridized carbons (Fsp3) is 0.433. The molecule has 5 rings (SSSR count). The Bertz CT molecular complexity index is 1860. The van der Waals surface area contributed by atoms with Crippen LogP contribution in [0, 0.1) is 0 Å². The highest BCUT2D eigenvalue weighted by Gasteiger charge is 2.32. The molecule has 0 unspecified atom stereocenters. The van der Waals surface area contributed by atoms with Gasteiger partial charge in [-0.05, 0) is 70.4 Å². The molecule has 3 heterocycles. The van der Waals surface area contributed by atoms with Gasteiger partial charge in [-0.15, -0.1) is 0 Å². The summed E-state index contributed by atoms with van der Waals surface area (Å²) in [5.74, 6) is 0.555. The van der Waals surface area contributed by atoms with Crippen LogP contribution in [0.25, 0.3) is 21.9 Å². The van der Waals surface area contributed by atoms with E-state index in [0.29, 0.717) is 45.1 Å². The van der Waals surface area contributed by atoms with Gasteiger partial charge in [0.1, 0.15) is 33.4 Å². The molecule has 0 saturated carbocycles. The van der Waals surface area contributed by atoms with E-state index >= 15 is 0 Å². The van der Waals surface area contributed by atoms with Gasteiger partial charge in [0.25, 0.3) is 5.91 Å². The monoisotopic (exact) mass is 675 g/mol. The molecular weight excluding hydrogens is 641 g/mol. The van der Waals surface area contributed by atoms with Gasteiger partial charge in [0.2, 0.25) is 0 Å². The molecule has 1 aliphatic rings. The van der Waals surface area contributed by atoms with Crippen LogP contribution in [0.4, 0.5) is 10.6 Å². The van der Waals surface area contributed by atoms with E-state index in [0.717, 1.165) is 12.8 Å². The minimum absolute atomic E-state index is 0.0926. The second-order valence-electron chi connectivity index (χ2n) is 12.1. The maximum atomic E-state index is 13.7. The van der Waals surface area contributed by atoms with Crippen molar-refractivity contribution in [2.45, 2.75) is 57.7 Å². The number of halogens is 2. The lowest BCUT2D eigenvalue weighted by atomic mass is 10.1. The maximum absolute atomic E-state index is 13.7. The van der Waals surface area contributed by atoms with Gasteiger partial charge in [-0.1, -0.05) is 23.2 Å². The van der Waals surface area contributed by atoms with Crippen LogP contribution in [0.15, 0.2) is 36.7 Å². The zero-order chi connectivity index (χ0) is 32.5. The molecule has 0 radical (unpaired) electrons. The standard InChI is InChI=1S/C30H35Cl2N7O5S/c1-30(2,3)44-29(41)33-15-18-6-5-10-39(18)28(40)19-14-24-20(13-21(19)32)26(35-16-34-24)37-23(9-11-45(4,42)43)27-36-22-8-7-17(31)12-25(22)38-27/h7-8,12-14,16,18,23H,5-6,9-11,15H2,1-4H3,(H,33,41)(H,36,38)(H,34,35,37)/t18-,23+/m1/s1. The van der Waals surface area contributed by atoms with Gasteiger partial charge < -0.3 is 25.3 Å². The number of aromatic amines is 1. The largest absolute Gasteiger partial charge is 0.444 e. The molecule has 2 aromatic carbocycles. The first-order valence-electron chi connectivity index (χ1n) is 14.5. The summed E-state index contributed by atoms with van der Waals surface area (Å²) >= 11 is 12.9. The van der Waals surface area contributed by atoms with Crippen LogP contribution < -0.4 is 10.6 Å². The van der Waals surface area contributed by atoms with Gasteiger partial charge in [0.05, 0.1) is 38.9 Å². The van der Waals surface area contributed by atoms with Crippen molar-refractivity contribution in [3.63, 3.8) is 0 Å². The van der Waals surface area contributed by atoms with Crippen molar-refractivity contribution in [1.29, 1.82) is 0 Å². The number of anilines is 1. The molecule has 2 aromatic heterocycles. The van der Waals surface area contributed by atoms with Crippen molar-refractivity contribution in [3.8, 4) is 0 Å². The molecule has 12 nitrogen and oxygen atoms in total. The number of amides is 2. The molecular formula is C30H35Cl2N7O5S. The summed E-state index contributed by atoms with van der Waals surface area (Å²) in [6, 6.07) is 7.73. The third-order valence-electron chi connectivity index (χ3n) is 7.35. The fourth-order valence-electron chi connectivity index (χ4n) is 5.28. The number of nitrogens with one attached hydrogen (secondary N) is 3. The summed E-state index contributed by atoms with van der Waals surface area (Å²) in [4.78, 5) is 44.3. The predicted molar refractivity (Wildman–Crippen MR) is 175 cm³/mol. The summed E-state index contributed by atoms with van der Waals surface area (Å²) in [7, 11) is -3.28. The van der Waals surface area contributed by atoms with E-state index in [1.165, 1.54) is 12.6 Å². The van der Waals surface area contributed by atoms with E-state index in [1.54, 1.807) is 56.0 Å². The third-order valence-corrected chi connectivity index (χ3v) is 8.88. The average Bonchev–Trinajstić information content (AvgIpc) is 3.59. The molecule has 2 amide bonds. The van der Waals surface area contributed by atoms with Crippen molar-refractivity contribution >= 4 is 72.8 Å². The summed E-state index contributed by atoms with van der Waals surface area (Å²) < 4.78 is 29.5. The number of hydrogen-bond donors (Lipinski definition) is 3. The highest BCUT2D eigenvalue weighted by atomic mass is 35.5. The number of aromatic nitrogens is 4. The van der Waals surface area contributed by atoms with Crippen molar-refractivity contribution in [3.05, 3.63) is 58.1 Å². The Kier molecular flexibility index (Phi) is 9.43. The van der Waals surface area contributed by atoms with E-state index in [2.05, 4.69) is 30.6 Å². The molecule has 4 aromatic rings. The Hall–Kier alpha value is -3.68. The number of hydrogen-bond acceptors (Lipinski definition) is 9. The lowest BCUT2D eigenvalue weighted by Gasteiger charge is -2.26. The summed E-state index contributed by atoms with van der Waals surface area (Å²) in [5.41, 5.74) is 1.52. The summed E-state index contributed by atoms with van der Waals surface area (Å²) in [6.45, 7) is 6.14. The van der Waals surface area contributed by atoms with Gasteiger partial charge in [0.15, 0.2) is 0 Å². The molecule has 240 valence electrons. The number of benzene rings is 2. The number of likely N-dealkylation sites (tertiary alicyclic amines) is 1. The zero-order valence-corrected chi connectivity index (χ0v) is 27.7. The van der Waals surface area contributed by atoms with Gasteiger partial charge in [0, 0.05) is 35.8 Å².